The summed E-state index contributed by atoms with van der Waals surface area (Å²) in [4.78, 5) is 0. The second kappa shape index (κ2) is 11.6. The van der Waals surface area contributed by atoms with Gasteiger partial charge in [-0.25, -0.2) is 0 Å². The lowest BCUT2D eigenvalue weighted by Gasteiger charge is -2.25. The van der Waals surface area contributed by atoms with Crippen molar-refractivity contribution in [2.75, 3.05) is 20.3 Å². The van der Waals surface area contributed by atoms with Gasteiger partial charge in [0.25, 0.3) is 0 Å². The van der Waals surface area contributed by atoms with Gasteiger partial charge in [0.2, 0.25) is 0 Å². The number of methoxy groups -OCH3 is 1. The van der Waals surface area contributed by atoms with Crippen LogP contribution < -0.4 is 0 Å². The molecule has 1 aliphatic carbocycles. The average Bonchev–Trinajstić information content (AvgIpc) is 2.67. The van der Waals surface area contributed by atoms with E-state index in [0.29, 0.717) is 13.2 Å². The maximum absolute atomic E-state index is 5.70. The molecule has 1 atom stereocenters. The van der Waals surface area contributed by atoms with E-state index in [1.54, 1.807) is 13.2 Å². The quantitative estimate of drug-likeness (QED) is 0.707. The van der Waals surface area contributed by atoms with E-state index in [9.17, 15) is 0 Å². The van der Waals surface area contributed by atoms with Crippen LogP contribution in [0.3, 0.4) is 0 Å². The van der Waals surface area contributed by atoms with Gasteiger partial charge in [-0.05, 0) is 25.5 Å². The first-order valence-corrected chi connectivity index (χ1v) is 6.74. The van der Waals surface area contributed by atoms with Gasteiger partial charge >= 0.3 is 0 Å². The Bertz CT molecular complexity index is 327. The zero-order valence-corrected chi connectivity index (χ0v) is 12.5. The minimum Gasteiger partial charge on any atom is -0.486 e. The van der Waals surface area contributed by atoms with Gasteiger partial charge in [0.05, 0.1) is 6.61 Å². The average molecular weight is 266 g/mol. The Labute approximate surface area is 117 Å². The van der Waals surface area contributed by atoms with Crippen LogP contribution in [0.1, 0.15) is 27.2 Å². The maximum atomic E-state index is 5.70. The predicted molar refractivity (Wildman–Crippen MR) is 79.8 cm³/mol. The van der Waals surface area contributed by atoms with Crippen LogP contribution in [0.25, 0.3) is 0 Å². The summed E-state index contributed by atoms with van der Waals surface area (Å²) in [5, 5.41) is 0. The highest BCUT2D eigenvalue weighted by atomic mass is 16.6. The van der Waals surface area contributed by atoms with Crippen molar-refractivity contribution in [3.05, 3.63) is 48.5 Å². The molecule has 0 N–H and O–H groups in total. The van der Waals surface area contributed by atoms with Gasteiger partial charge in [0.15, 0.2) is 17.6 Å². The summed E-state index contributed by atoms with van der Waals surface area (Å²) >= 11 is 0. The van der Waals surface area contributed by atoms with Gasteiger partial charge in [-0.2, -0.15) is 0 Å². The molecule has 3 heteroatoms. The van der Waals surface area contributed by atoms with Crippen molar-refractivity contribution in [2.24, 2.45) is 0 Å². The van der Waals surface area contributed by atoms with Crippen molar-refractivity contribution in [3.8, 4) is 0 Å². The topological polar surface area (TPSA) is 27.7 Å². The molecule has 1 aliphatic heterocycles. The highest BCUT2D eigenvalue weighted by molar-refractivity contribution is 5.29. The number of hydrogen-bond donors (Lipinski definition) is 0. The fourth-order valence-electron chi connectivity index (χ4n) is 1.47. The molecule has 1 unspecified atom stereocenters. The molecule has 0 saturated heterocycles. The van der Waals surface area contributed by atoms with Crippen molar-refractivity contribution in [3.63, 3.8) is 0 Å². The Hall–Kier alpha value is -1.48. The monoisotopic (exact) mass is 266 g/mol. The third-order valence-corrected chi connectivity index (χ3v) is 2.12. The van der Waals surface area contributed by atoms with Crippen molar-refractivity contribution < 1.29 is 14.2 Å². The summed E-state index contributed by atoms with van der Waals surface area (Å²) < 4.78 is 16.3. The Morgan fingerprint density at radius 2 is 1.89 bits per heavy atom. The zero-order chi connectivity index (χ0) is 14.5. The minimum atomic E-state index is 0.00917. The Kier molecular flexibility index (Phi) is 10.7. The molecule has 1 heterocycles. The first-order valence-electron chi connectivity index (χ1n) is 6.74. The lowest BCUT2D eigenvalue weighted by Crippen LogP contribution is -2.28. The molecule has 3 nitrogen and oxygen atoms in total. The third kappa shape index (κ3) is 6.87. The molecule has 0 aromatic heterocycles. The lowest BCUT2D eigenvalue weighted by atomic mass is 10.3. The van der Waals surface area contributed by atoms with E-state index in [0.717, 1.165) is 17.9 Å². The van der Waals surface area contributed by atoms with E-state index in [1.807, 2.05) is 32.9 Å². The van der Waals surface area contributed by atoms with Crippen molar-refractivity contribution in [2.45, 2.75) is 33.3 Å². The zero-order valence-electron chi connectivity index (χ0n) is 12.5. The van der Waals surface area contributed by atoms with E-state index in [2.05, 4.69) is 18.7 Å². The molecular formula is C16H26O3. The SMILES string of the molecule is C=CC.CC.COCC1COC2=C(C=CCC=C2)O1. The van der Waals surface area contributed by atoms with Crippen LogP contribution in [-0.2, 0) is 14.2 Å². The Morgan fingerprint density at radius 1 is 1.32 bits per heavy atom. The van der Waals surface area contributed by atoms with Gasteiger partial charge in [-0.15, -0.1) is 6.58 Å². The number of allylic oxidation sites excluding steroid dienone is 5. The molecule has 2 aliphatic rings. The molecule has 0 bridgehead atoms. The molecular weight excluding hydrogens is 240 g/mol. The van der Waals surface area contributed by atoms with Crippen molar-refractivity contribution in [1.82, 2.24) is 0 Å². The molecule has 19 heavy (non-hydrogen) atoms. The van der Waals surface area contributed by atoms with Crippen LogP contribution in [0, 0.1) is 0 Å². The van der Waals surface area contributed by atoms with Crippen molar-refractivity contribution in [1.29, 1.82) is 0 Å². The summed E-state index contributed by atoms with van der Waals surface area (Å²) in [7, 11) is 1.66. The number of rotatable bonds is 2. The van der Waals surface area contributed by atoms with Gasteiger partial charge in [-0.3, -0.25) is 0 Å². The van der Waals surface area contributed by atoms with Crippen LogP contribution in [0.2, 0.25) is 0 Å². The van der Waals surface area contributed by atoms with E-state index < -0.39 is 0 Å². The van der Waals surface area contributed by atoms with Crippen LogP contribution >= 0.6 is 0 Å². The molecule has 2 rings (SSSR count). The highest BCUT2D eigenvalue weighted by Crippen LogP contribution is 2.22. The van der Waals surface area contributed by atoms with Crippen LogP contribution in [0.15, 0.2) is 48.5 Å². The maximum Gasteiger partial charge on any atom is 0.161 e. The fourth-order valence-corrected chi connectivity index (χ4v) is 1.47. The van der Waals surface area contributed by atoms with E-state index in [4.69, 9.17) is 14.2 Å². The van der Waals surface area contributed by atoms with E-state index >= 15 is 0 Å². The lowest BCUT2D eigenvalue weighted by molar-refractivity contribution is -0.0318. The fraction of sp³-hybridized carbons (Fsp3) is 0.500. The largest absolute Gasteiger partial charge is 0.486 e. The van der Waals surface area contributed by atoms with Crippen LogP contribution in [0.5, 0.6) is 0 Å². The Balaban J connectivity index is 0.000000573. The highest BCUT2D eigenvalue weighted by Gasteiger charge is 2.21. The smallest absolute Gasteiger partial charge is 0.161 e. The summed E-state index contributed by atoms with van der Waals surface area (Å²) in [6.45, 7) is 10.4. The summed E-state index contributed by atoms with van der Waals surface area (Å²) in [5.74, 6) is 1.64. The minimum absolute atomic E-state index is 0.00917. The first kappa shape index (κ1) is 17.5. The normalized spacial score (nSPS) is 19.5. The van der Waals surface area contributed by atoms with Gasteiger partial charge in [0, 0.05) is 7.11 Å². The summed E-state index contributed by atoms with van der Waals surface area (Å²) in [6, 6.07) is 0. The third-order valence-electron chi connectivity index (χ3n) is 2.12. The molecule has 108 valence electrons. The molecule has 0 radical (unpaired) electrons. The molecule has 0 spiro atoms. The van der Waals surface area contributed by atoms with E-state index in [1.165, 1.54) is 0 Å². The predicted octanol–water partition coefficient (Wildman–Crippen LogP) is 3.99. The Morgan fingerprint density at radius 3 is 2.47 bits per heavy atom. The van der Waals surface area contributed by atoms with Crippen molar-refractivity contribution >= 4 is 0 Å². The molecule has 0 aromatic carbocycles. The molecule has 0 amide bonds. The van der Waals surface area contributed by atoms with Gasteiger partial charge < -0.3 is 14.2 Å². The summed E-state index contributed by atoms with van der Waals surface area (Å²) in [6.07, 6.45) is 10.7. The van der Waals surface area contributed by atoms with Gasteiger partial charge in [-0.1, -0.05) is 32.1 Å². The van der Waals surface area contributed by atoms with Gasteiger partial charge in [0.1, 0.15) is 6.61 Å². The molecule has 0 saturated carbocycles. The van der Waals surface area contributed by atoms with Crippen LogP contribution in [-0.4, -0.2) is 26.4 Å². The standard InChI is InChI=1S/C11H14O3.C3H6.C2H6/c1-12-7-9-8-13-10-5-3-2-4-6-11(10)14-9;1-3-2;1-2/h3-6,9H,2,7-8H2,1H3;3H,1H2,2H3;1-2H3. The number of hydrogen-bond acceptors (Lipinski definition) is 3. The summed E-state index contributed by atoms with van der Waals surface area (Å²) in [5.41, 5.74) is 0. The van der Waals surface area contributed by atoms with Crippen LogP contribution in [0.4, 0.5) is 0 Å². The first-order chi connectivity index (χ1) is 9.31. The second-order valence-electron chi connectivity index (χ2n) is 3.68. The van der Waals surface area contributed by atoms with E-state index in [-0.39, 0.29) is 6.10 Å². The number of ether oxygens (including phenoxy) is 3. The molecule has 0 aromatic rings. The second-order valence-corrected chi connectivity index (χ2v) is 3.68. The molecule has 0 fully saturated rings.